The Kier molecular flexibility index (Phi) is 5.20. The number of hydrogen-bond donors (Lipinski definition) is 2. The molecule has 0 aromatic carbocycles. The van der Waals surface area contributed by atoms with Crippen molar-refractivity contribution in [2.45, 2.75) is 24.9 Å². The fraction of sp³-hybridized carbons (Fsp3) is 0.857. The lowest BCUT2D eigenvalue weighted by atomic mass is 10.0. The first-order valence-electron chi connectivity index (χ1n) is 3.81. The molecule has 3 N–H and O–H groups in total. The Morgan fingerprint density at radius 1 is 1.58 bits per heavy atom. The summed E-state index contributed by atoms with van der Waals surface area (Å²) in [6.07, 6.45) is 1.68. The van der Waals surface area contributed by atoms with Crippen molar-refractivity contribution in [1.82, 2.24) is 5.32 Å². The van der Waals surface area contributed by atoms with Gasteiger partial charge in [0.1, 0.15) is 6.04 Å². The quantitative estimate of drug-likeness (QED) is 0.561. The van der Waals surface area contributed by atoms with E-state index in [1.54, 1.807) is 0 Å². The molecule has 1 saturated heterocycles. The highest BCUT2D eigenvalue weighted by Gasteiger charge is 2.23. The van der Waals surface area contributed by atoms with E-state index in [0.717, 1.165) is 12.8 Å². The van der Waals surface area contributed by atoms with Crippen molar-refractivity contribution >= 4 is 18.4 Å². The van der Waals surface area contributed by atoms with Crippen LogP contribution < -0.4 is 11.1 Å². The van der Waals surface area contributed by atoms with Crippen molar-refractivity contribution in [1.29, 1.82) is 0 Å². The zero-order valence-corrected chi connectivity index (χ0v) is 7.89. The van der Waals surface area contributed by atoms with Crippen LogP contribution in [-0.2, 0) is 9.53 Å². The molecule has 2 atom stereocenters. The van der Waals surface area contributed by atoms with Crippen molar-refractivity contribution in [3.05, 3.63) is 0 Å². The Hall–Kier alpha value is -0.320. The molecule has 1 heterocycles. The molecular weight excluding hydrogens is 180 g/mol. The van der Waals surface area contributed by atoms with Crippen LogP contribution in [0.25, 0.3) is 0 Å². The molecule has 0 unspecified atom stereocenters. The van der Waals surface area contributed by atoms with Crippen LogP contribution in [0.15, 0.2) is 0 Å². The summed E-state index contributed by atoms with van der Waals surface area (Å²) in [5.74, 6) is -0.183. The van der Waals surface area contributed by atoms with Crippen LogP contribution in [0, 0.1) is 0 Å². The first-order chi connectivity index (χ1) is 5.24. The maximum atomic E-state index is 10.9. The van der Waals surface area contributed by atoms with Crippen LogP contribution in [0.1, 0.15) is 12.8 Å². The molecule has 1 aliphatic rings. The number of nitrogens with two attached hydrogens (primary N) is 1. The molecule has 1 aliphatic heterocycles. The monoisotopic (exact) mass is 194 g/mol. The minimum Gasteiger partial charge on any atom is -0.468 e. The maximum absolute atomic E-state index is 10.9. The summed E-state index contributed by atoms with van der Waals surface area (Å²) in [5, 5.41) is 3.02. The Labute approximate surface area is 78.2 Å². The average molecular weight is 195 g/mol. The van der Waals surface area contributed by atoms with Gasteiger partial charge in [-0.25, -0.2) is 0 Å². The molecule has 0 bridgehead atoms. The lowest BCUT2D eigenvalue weighted by molar-refractivity contribution is -0.143. The van der Waals surface area contributed by atoms with E-state index < -0.39 is 0 Å². The van der Waals surface area contributed by atoms with Gasteiger partial charge in [0, 0.05) is 12.6 Å². The predicted octanol–water partition coefficient (Wildman–Crippen LogP) is -0.340. The Balaban J connectivity index is 0.00000121. The minimum atomic E-state index is -0.183. The van der Waals surface area contributed by atoms with Crippen LogP contribution in [-0.4, -0.2) is 31.7 Å². The number of piperidine rings is 1. The van der Waals surface area contributed by atoms with Gasteiger partial charge < -0.3 is 15.8 Å². The van der Waals surface area contributed by atoms with Gasteiger partial charge >= 0.3 is 5.97 Å². The van der Waals surface area contributed by atoms with E-state index in [-0.39, 0.29) is 30.5 Å². The Bertz CT molecular complexity index is 146. The van der Waals surface area contributed by atoms with Crippen molar-refractivity contribution in [2.24, 2.45) is 5.73 Å². The maximum Gasteiger partial charge on any atom is 0.322 e. The first-order valence-corrected chi connectivity index (χ1v) is 3.81. The molecule has 0 saturated carbocycles. The fourth-order valence-corrected chi connectivity index (χ4v) is 1.22. The van der Waals surface area contributed by atoms with Crippen LogP contribution >= 0.6 is 12.4 Å². The summed E-state index contributed by atoms with van der Waals surface area (Å²) < 4.78 is 4.58. The molecule has 1 fully saturated rings. The van der Waals surface area contributed by atoms with Gasteiger partial charge in [0.15, 0.2) is 0 Å². The number of esters is 1. The summed E-state index contributed by atoms with van der Waals surface area (Å²) >= 11 is 0. The molecule has 72 valence electrons. The van der Waals surface area contributed by atoms with E-state index >= 15 is 0 Å². The molecule has 0 aromatic rings. The Morgan fingerprint density at radius 3 is 2.67 bits per heavy atom. The average Bonchev–Trinajstić information content (AvgIpc) is 2.05. The van der Waals surface area contributed by atoms with E-state index in [2.05, 4.69) is 10.1 Å². The van der Waals surface area contributed by atoms with Gasteiger partial charge in [-0.15, -0.1) is 12.4 Å². The second-order valence-electron chi connectivity index (χ2n) is 2.82. The van der Waals surface area contributed by atoms with Gasteiger partial charge in [0.2, 0.25) is 0 Å². The predicted molar refractivity (Wildman–Crippen MR) is 48.3 cm³/mol. The second kappa shape index (κ2) is 5.35. The number of carbonyl (C=O) groups is 1. The molecular formula is C7H15ClN2O2. The fourth-order valence-electron chi connectivity index (χ4n) is 1.22. The third-order valence-corrected chi connectivity index (χ3v) is 1.94. The molecule has 4 nitrogen and oxygen atoms in total. The molecule has 5 heteroatoms. The highest BCUT2D eigenvalue weighted by atomic mass is 35.5. The highest BCUT2D eigenvalue weighted by Crippen LogP contribution is 2.06. The lowest BCUT2D eigenvalue weighted by Gasteiger charge is -2.25. The van der Waals surface area contributed by atoms with E-state index in [1.807, 2.05) is 0 Å². The van der Waals surface area contributed by atoms with Crippen LogP contribution in [0.4, 0.5) is 0 Å². The van der Waals surface area contributed by atoms with Crippen molar-refractivity contribution in [3.8, 4) is 0 Å². The molecule has 0 amide bonds. The van der Waals surface area contributed by atoms with E-state index in [4.69, 9.17) is 5.73 Å². The van der Waals surface area contributed by atoms with Crippen LogP contribution in [0.2, 0.25) is 0 Å². The van der Waals surface area contributed by atoms with Crippen molar-refractivity contribution in [3.63, 3.8) is 0 Å². The smallest absolute Gasteiger partial charge is 0.322 e. The zero-order chi connectivity index (χ0) is 8.27. The summed E-state index contributed by atoms with van der Waals surface area (Å²) in [6.45, 7) is 0.708. The van der Waals surface area contributed by atoms with E-state index in [1.165, 1.54) is 7.11 Å². The number of carbonyl (C=O) groups excluding carboxylic acids is 1. The number of rotatable bonds is 1. The first kappa shape index (κ1) is 11.7. The zero-order valence-electron chi connectivity index (χ0n) is 7.08. The van der Waals surface area contributed by atoms with E-state index in [9.17, 15) is 4.79 Å². The van der Waals surface area contributed by atoms with Crippen molar-refractivity contribution < 1.29 is 9.53 Å². The van der Waals surface area contributed by atoms with Crippen LogP contribution in [0.3, 0.4) is 0 Å². The summed E-state index contributed by atoms with van der Waals surface area (Å²) in [6, 6.07) is 0.0516. The van der Waals surface area contributed by atoms with Crippen LogP contribution in [0.5, 0.6) is 0 Å². The third-order valence-electron chi connectivity index (χ3n) is 1.94. The second-order valence-corrected chi connectivity index (χ2v) is 2.82. The minimum absolute atomic E-state index is 0. The molecule has 1 rings (SSSR count). The van der Waals surface area contributed by atoms with Gasteiger partial charge in [-0.05, 0) is 12.8 Å². The highest BCUT2D eigenvalue weighted by molar-refractivity contribution is 5.85. The molecule has 0 spiro atoms. The van der Waals surface area contributed by atoms with Gasteiger partial charge in [-0.3, -0.25) is 4.79 Å². The van der Waals surface area contributed by atoms with E-state index in [0.29, 0.717) is 6.54 Å². The largest absolute Gasteiger partial charge is 0.468 e. The van der Waals surface area contributed by atoms with Gasteiger partial charge in [0.05, 0.1) is 7.11 Å². The van der Waals surface area contributed by atoms with Gasteiger partial charge in [0.25, 0.3) is 0 Å². The lowest BCUT2D eigenvalue weighted by Crippen LogP contribution is -2.49. The summed E-state index contributed by atoms with van der Waals surface area (Å²) in [7, 11) is 1.40. The number of methoxy groups -OCH3 is 1. The van der Waals surface area contributed by atoms with Gasteiger partial charge in [-0.1, -0.05) is 0 Å². The van der Waals surface area contributed by atoms with Gasteiger partial charge in [-0.2, -0.15) is 0 Å². The number of hydrogen-bond acceptors (Lipinski definition) is 4. The SMILES string of the molecule is COC(=O)[C@H]1CC[C@H](N)CN1.Cl. The number of halogens is 1. The number of ether oxygens (including phenoxy) is 1. The Morgan fingerprint density at radius 2 is 2.25 bits per heavy atom. The van der Waals surface area contributed by atoms with Crippen molar-refractivity contribution in [2.75, 3.05) is 13.7 Å². The summed E-state index contributed by atoms with van der Waals surface area (Å²) in [4.78, 5) is 10.9. The standard InChI is InChI=1S/C7H14N2O2.ClH/c1-11-7(10)6-3-2-5(8)4-9-6;/h5-6,9H,2-4,8H2,1H3;1H/t5-,6+;/m0./s1. The molecule has 0 radical (unpaired) electrons. The normalized spacial score (nSPS) is 28.8. The third kappa shape index (κ3) is 2.97. The molecule has 12 heavy (non-hydrogen) atoms. The number of nitrogens with one attached hydrogen (secondary N) is 1. The summed E-state index contributed by atoms with van der Waals surface area (Å²) in [5.41, 5.74) is 5.62. The topological polar surface area (TPSA) is 64.3 Å². The molecule has 0 aromatic heterocycles. The molecule has 0 aliphatic carbocycles.